The Hall–Kier alpha value is -2.23. The normalized spacial score (nSPS) is 15.6. The predicted molar refractivity (Wildman–Crippen MR) is 56.6 cm³/mol. The number of rotatable bonds is 0. The number of aromatic nitrogens is 1. The van der Waals surface area contributed by atoms with E-state index in [1.54, 1.807) is 24.3 Å². The molecule has 1 N–H and O–H groups in total. The molecule has 1 aromatic heterocycles. The molecule has 0 saturated heterocycles. The maximum atomic E-state index is 11.7. The molecule has 0 bridgehead atoms. The molecule has 1 aromatic carbocycles. The molecule has 16 heavy (non-hydrogen) atoms. The number of nitrogens with one attached hydrogen (secondary N) is 1. The lowest BCUT2D eigenvalue weighted by molar-refractivity contribution is -0.114. The standard InChI is InChI=1S/C12H7NO3/c14-8-5-9(15)12(16)10-6-3-1-2-4-7(6)13-11(8)10/h1-4,13H,5H2. The van der Waals surface area contributed by atoms with Crippen LogP contribution in [-0.4, -0.2) is 22.3 Å². The molecule has 4 heteroatoms. The number of ketones is 3. The molecule has 0 fully saturated rings. The van der Waals surface area contributed by atoms with E-state index in [1.807, 2.05) is 0 Å². The quantitative estimate of drug-likeness (QED) is 0.532. The summed E-state index contributed by atoms with van der Waals surface area (Å²) in [6.07, 6.45) is -0.321. The second-order valence-electron chi connectivity index (χ2n) is 3.77. The smallest absolute Gasteiger partial charge is 0.231 e. The van der Waals surface area contributed by atoms with Crippen molar-refractivity contribution in [2.75, 3.05) is 0 Å². The van der Waals surface area contributed by atoms with E-state index in [0.717, 1.165) is 0 Å². The van der Waals surface area contributed by atoms with Gasteiger partial charge in [0, 0.05) is 10.9 Å². The first-order valence-electron chi connectivity index (χ1n) is 4.90. The maximum absolute atomic E-state index is 11.7. The second-order valence-corrected chi connectivity index (χ2v) is 3.77. The van der Waals surface area contributed by atoms with E-state index in [2.05, 4.69) is 4.98 Å². The van der Waals surface area contributed by atoms with Gasteiger partial charge in [-0.25, -0.2) is 0 Å². The van der Waals surface area contributed by atoms with Crippen LogP contribution in [0.2, 0.25) is 0 Å². The van der Waals surface area contributed by atoms with Crippen molar-refractivity contribution in [1.29, 1.82) is 0 Å². The molecular weight excluding hydrogens is 206 g/mol. The highest BCUT2D eigenvalue weighted by atomic mass is 16.2. The molecule has 0 atom stereocenters. The number of H-pyrrole nitrogens is 1. The molecule has 0 radical (unpaired) electrons. The fourth-order valence-corrected chi connectivity index (χ4v) is 2.04. The third kappa shape index (κ3) is 1.01. The Morgan fingerprint density at radius 3 is 2.56 bits per heavy atom. The summed E-state index contributed by atoms with van der Waals surface area (Å²) in [5.41, 5.74) is 1.21. The van der Waals surface area contributed by atoms with Crippen LogP contribution in [0.4, 0.5) is 0 Å². The van der Waals surface area contributed by atoms with E-state index in [1.165, 1.54) is 0 Å². The number of Topliss-reactive ketones (excluding diaryl/α,β-unsaturated/α-hetero) is 3. The summed E-state index contributed by atoms with van der Waals surface area (Å²) < 4.78 is 0. The highest BCUT2D eigenvalue weighted by molar-refractivity contribution is 6.52. The Bertz CT molecular complexity index is 651. The minimum Gasteiger partial charge on any atom is -0.351 e. The van der Waals surface area contributed by atoms with Gasteiger partial charge in [0.1, 0.15) is 0 Å². The molecule has 1 aliphatic rings. The van der Waals surface area contributed by atoms with E-state index in [0.29, 0.717) is 10.9 Å². The van der Waals surface area contributed by atoms with Gasteiger partial charge in [0.05, 0.1) is 17.7 Å². The van der Waals surface area contributed by atoms with Gasteiger partial charge in [-0.1, -0.05) is 18.2 Å². The van der Waals surface area contributed by atoms with Gasteiger partial charge >= 0.3 is 0 Å². The number of hydrogen-bond acceptors (Lipinski definition) is 3. The summed E-state index contributed by atoms with van der Waals surface area (Å²) in [5, 5.41) is 0.643. The van der Waals surface area contributed by atoms with Crippen molar-refractivity contribution >= 4 is 28.3 Å². The zero-order valence-electron chi connectivity index (χ0n) is 8.24. The first-order valence-corrected chi connectivity index (χ1v) is 4.90. The summed E-state index contributed by atoms with van der Waals surface area (Å²) in [4.78, 5) is 37.5. The first kappa shape index (κ1) is 9.03. The van der Waals surface area contributed by atoms with Gasteiger partial charge in [-0.05, 0) is 6.07 Å². The van der Waals surface area contributed by atoms with Crippen molar-refractivity contribution in [2.24, 2.45) is 0 Å². The van der Waals surface area contributed by atoms with Crippen LogP contribution < -0.4 is 0 Å². The number of fused-ring (bicyclic) bond motifs is 3. The SMILES string of the molecule is O=C1CC(=O)c2[nH]c3ccccc3c2C1=O. The number of hydrogen-bond donors (Lipinski definition) is 1. The average molecular weight is 213 g/mol. The second kappa shape index (κ2) is 2.88. The lowest BCUT2D eigenvalue weighted by Crippen LogP contribution is -2.26. The number of carbonyl (C=O) groups is 3. The fourth-order valence-electron chi connectivity index (χ4n) is 2.04. The highest BCUT2D eigenvalue weighted by Crippen LogP contribution is 2.27. The topological polar surface area (TPSA) is 67.0 Å². The van der Waals surface area contributed by atoms with Crippen molar-refractivity contribution < 1.29 is 14.4 Å². The van der Waals surface area contributed by atoms with E-state index in [-0.39, 0.29) is 23.5 Å². The predicted octanol–water partition coefficient (Wildman–Crippen LogP) is 1.51. The van der Waals surface area contributed by atoms with Crippen LogP contribution >= 0.6 is 0 Å². The Kier molecular flexibility index (Phi) is 1.63. The number of benzene rings is 1. The van der Waals surface area contributed by atoms with Gasteiger partial charge in [-0.15, -0.1) is 0 Å². The van der Waals surface area contributed by atoms with Crippen molar-refractivity contribution in [3.05, 3.63) is 35.5 Å². The Labute approximate surface area is 90.3 Å². The van der Waals surface area contributed by atoms with E-state index >= 15 is 0 Å². The number of aromatic amines is 1. The van der Waals surface area contributed by atoms with Gasteiger partial charge in [-0.3, -0.25) is 14.4 Å². The summed E-state index contributed by atoms with van der Waals surface area (Å²) in [7, 11) is 0. The van der Waals surface area contributed by atoms with Crippen LogP contribution in [-0.2, 0) is 4.79 Å². The number of para-hydroxylation sites is 1. The van der Waals surface area contributed by atoms with E-state index in [9.17, 15) is 14.4 Å². The molecular formula is C12H7NO3. The lowest BCUT2D eigenvalue weighted by atomic mass is 9.92. The monoisotopic (exact) mass is 213 g/mol. The van der Waals surface area contributed by atoms with Gasteiger partial charge < -0.3 is 4.98 Å². The molecule has 1 aliphatic carbocycles. The van der Waals surface area contributed by atoms with Gasteiger partial charge in [-0.2, -0.15) is 0 Å². The maximum Gasteiger partial charge on any atom is 0.231 e. The van der Waals surface area contributed by atoms with Crippen LogP contribution in [0.3, 0.4) is 0 Å². The highest BCUT2D eigenvalue weighted by Gasteiger charge is 2.33. The van der Waals surface area contributed by atoms with Gasteiger partial charge in [0.25, 0.3) is 0 Å². The minimum absolute atomic E-state index is 0.233. The Balaban J connectivity index is 2.44. The van der Waals surface area contributed by atoms with Gasteiger partial charge in [0.15, 0.2) is 5.78 Å². The molecule has 0 amide bonds. The average Bonchev–Trinajstić information content (AvgIpc) is 2.66. The molecule has 0 spiro atoms. The van der Waals surface area contributed by atoms with E-state index in [4.69, 9.17) is 0 Å². The molecule has 4 nitrogen and oxygen atoms in total. The third-order valence-corrected chi connectivity index (χ3v) is 2.79. The summed E-state index contributed by atoms with van der Waals surface area (Å²) in [6.45, 7) is 0. The van der Waals surface area contributed by atoms with Crippen LogP contribution in [0.1, 0.15) is 27.3 Å². The zero-order chi connectivity index (χ0) is 11.3. The van der Waals surface area contributed by atoms with Gasteiger partial charge in [0.2, 0.25) is 11.6 Å². The van der Waals surface area contributed by atoms with Crippen molar-refractivity contribution in [3.63, 3.8) is 0 Å². The van der Waals surface area contributed by atoms with Crippen molar-refractivity contribution in [3.8, 4) is 0 Å². The molecule has 0 saturated carbocycles. The minimum atomic E-state index is -0.623. The van der Waals surface area contributed by atoms with Crippen LogP contribution in [0, 0.1) is 0 Å². The molecule has 1 heterocycles. The summed E-state index contributed by atoms with van der Waals surface area (Å²) in [6, 6.07) is 7.08. The van der Waals surface area contributed by atoms with Crippen LogP contribution in [0.15, 0.2) is 24.3 Å². The summed E-state index contributed by atoms with van der Waals surface area (Å²) in [5.74, 6) is -1.50. The van der Waals surface area contributed by atoms with Crippen molar-refractivity contribution in [2.45, 2.75) is 6.42 Å². The molecule has 2 aromatic rings. The number of carbonyl (C=O) groups excluding carboxylic acids is 3. The molecule has 0 unspecified atom stereocenters. The largest absolute Gasteiger partial charge is 0.351 e. The molecule has 78 valence electrons. The fraction of sp³-hybridized carbons (Fsp3) is 0.0833. The first-order chi connectivity index (χ1) is 7.68. The van der Waals surface area contributed by atoms with Crippen LogP contribution in [0.5, 0.6) is 0 Å². The zero-order valence-corrected chi connectivity index (χ0v) is 8.24. The Morgan fingerprint density at radius 1 is 1.00 bits per heavy atom. The summed E-state index contributed by atoms with van der Waals surface area (Å²) >= 11 is 0. The Morgan fingerprint density at radius 2 is 1.75 bits per heavy atom. The van der Waals surface area contributed by atoms with Crippen molar-refractivity contribution in [1.82, 2.24) is 4.98 Å². The van der Waals surface area contributed by atoms with E-state index < -0.39 is 11.6 Å². The molecule has 0 aliphatic heterocycles. The third-order valence-electron chi connectivity index (χ3n) is 2.79. The molecule has 3 rings (SSSR count). The lowest BCUT2D eigenvalue weighted by Gasteiger charge is -2.07. The van der Waals surface area contributed by atoms with Crippen LogP contribution in [0.25, 0.3) is 10.9 Å².